The predicted molar refractivity (Wildman–Crippen MR) is 69.9 cm³/mol. The largest absolute Gasteiger partial charge is 0.314 e. The number of nitrogens with one attached hydrogen (secondary N) is 1. The lowest BCUT2D eigenvalue weighted by molar-refractivity contribution is -0.0440. The van der Waals surface area contributed by atoms with Crippen molar-refractivity contribution in [2.75, 3.05) is 19.6 Å². The van der Waals surface area contributed by atoms with Gasteiger partial charge in [0.25, 0.3) is 0 Å². The van der Waals surface area contributed by atoms with Gasteiger partial charge < -0.3 is 5.32 Å². The molecule has 2 heteroatoms. The number of hydrogen-bond acceptors (Lipinski definition) is 2. The van der Waals surface area contributed by atoms with Crippen molar-refractivity contribution in [3.8, 4) is 0 Å². The number of piperidine rings is 3. The van der Waals surface area contributed by atoms with Gasteiger partial charge in [0, 0.05) is 18.6 Å². The molecule has 3 heterocycles. The second-order valence-corrected chi connectivity index (χ2v) is 6.92. The topological polar surface area (TPSA) is 15.3 Å². The van der Waals surface area contributed by atoms with Crippen molar-refractivity contribution in [1.82, 2.24) is 10.2 Å². The Morgan fingerprint density at radius 3 is 2.94 bits per heavy atom. The molecule has 4 rings (SSSR count). The van der Waals surface area contributed by atoms with E-state index in [4.69, 9.17) is 0 Å². The fraction of sp³-hybridized carbons (Fsp3) is 1.00. The highest BCUT2D eigenvalue weighted by atomic mass is 15.2. The van der Waals surface area contributed by atoms with Crippen molar-refractivity contribution >= 4 is 0 Å². The second kappa shape index (κ2) is 4.24. The van der Waals surface area contributed by atoms with E-state index in [9.17, 15) is 0 Å². The zero-order chi connectivity index (χ0) is 11.2. The molecule has 4 aliphatic rings. The van der Waals surface area contributed by atoms with E-state index in [1.54, 1.807) is 6.42 Å². The van der Waals surface area contributed by atoms with Crippen molar-refractivity contribution in [3.63, 3.8) is 0 Å². The third-order valence-electron chi connectivity index (χ3n) is 6.08. The SMILES string of the molecule is C1CN[C@H]2C[C@H]3C[C@H](CN4CCCC[C@@H]34)[C@H]2C1. The quantitative estimate of drug-likeness (QED) is 0.691. The Balaban J connectivity index is 1.56. The summed E-state index contributed by atoms with van der Waals surface area (Å²) in [5, 5.41) is 3.83. The summed E-state index contributed by atoms with van der Waals surface area (Å²) in [5.41, 5.74) is 0. The molecular weight excluding hydrogens is 208 g/mol. The molecule has 0 aromatic rings. The summed E-state index contributed by atoms with van der Waals surface area (Å²) in [6.45, 7) is 4.13. The molecule has 3 saturated heterocycles. The summed E-state index contributed by atoms with van der Waals surface area (Å²) in [5.74, 6) is 3.07. The maximum absolute atomic E-state index is 3.83. The third-order valence-corrected chi connectivity index (χ3v) is 6.08. The molecule has 4 fully saturated rings. The minimum atomic E-state index is 0.886. The molecule has 5 atom stereocenters. The summed E-state index contributed by atoms with van der Waals surface area (Å²) < 4.78 is 0. The van der Waals surface area contributed by atoms with Gasteiger partial charge in [0.1, 0.15) is 0 Å². The van der Waals surface area contributed by atoms with E-state index in [2.05, 4.69) is 10.2 Å². The molecule has 3 aliphatic heterocycles. The van der Waals surface area contributed by atoms with Crippen LogP contribution in [0.15, 0.2) is 0 Å². The van der Waals surface area contributed by atoms with Gasteiger partial charge in [0.05, 0.1) is 0 Å². The zero-order valence-electron chi connectivity index (χ0n) is 10.9. The van der Waals surface area contributed by atoms with Crippen LogP contribution < -0.4 is 5.32 Å². The van der Waals surface area contributed by atoms with E-state index in [1.807, 2.05) is 0 Å². The molecule has 1 N–H and O–H groups in total. The Labute approximate surface area is 105 Å². The Morgan fingerprint density at radius 1 is 0.941 bits per heavy atom. The van der Waals surface area contributed by atoms with Crippen LogP contribution in [0.25, 0.3) is 0 Å². The van der Waals surface area contributed by atoms with Gasteiger partial charge in [0.2, 0.25) is 0 Å². The molecule has 0 unspecified atom stereocenters. The molecule has 2 nitrogen and oxygen atoms in total. The normalized spacial score (nSPS) is 50.5. The van der Waals surface area contributed by atoms with Crippen LogP contribution in [0, 0.1) is 17.8 Å². The van der Waals surface area contributed by atoms with E-state index in [-0.39, 0.29) is 0 Å². The van der Waals surface area contributed by atoms with Gasteiger partial charge in [-0.05, 0) is 69.4 Å². The molecule has 0 spiro atoms. The Morgan fingerprint density at radius 2 is 1.94 bits per heavy atom. The molecule has 0 aromatic carbocycles. The molecule has 1 saturated carbocycles. The second-order valence-electron chi connectivity index (χ2n) is 6.92. The Hall–Kier alpha value is -0.0800. The number of nitrogens with zero attached hydrogens (tertiary/aromatic N) is 1. The average molecular weight is 234 g/mol. The molecule has 1 aliphatic carbocycles. The first-order valence-corrected chi connectivity index (χ1v) is 7.89. The van der Waals surface area contributed by atoms with Gasteiger partial charge in [-0.15, -0.1) is 0 Å². The summed E-state index contributed by atoms with van der Waals surface area (Å²) in [4.78, 5) is 2.87. The number of hydrogen-bond donors (Lipinski definition) is 1. The third kappa shape index (κ3) is 1.76. The molecule has 0 radical (unpaired) electrons. The minimum Gasteiger partial charge on any atom is -0.314 e. The average Bonchev–Trinajstić information content (AvgIpc) is 2.39. The van der Waals surface area contributed by atoms with E-state index < -0.39 is 0 Å². The van der Waals surface area contributed by atoms with Crippen molar-refractivity contribution in [2.24, 2.45) is 17.8 Å². The van der Waals surface area contributed by atoms with Crippen LogP contribution in [-0.2, 0) is 0 Å². The van der Waals surface area contributed by atoms with E-state index in [0.717, 1.165) is 29.8 Å². The lowest BCUT2D eigenvalue weighted by Crippen LogP contribution is -2.60. The maximum atomic E-state index is 3.83. The van der Waals surface area contributed by atoms with Crippen LogP contribution in [0.5, 0.6) is 0 Å². The first kappa shape index (κ1) is 10.8. The highest BCUT2D eigenvalue weighted by Gasteiger charge is 2.47. The fourth-order valence-electron chi connectivity index (χ4n) is 5.39. The Bertz CT molecular complexity index is 263. The van der Waals surface area contributed by atoms with Gasteiger partial charge in [0.15, 0.2) is 0 Å². The number of fused-ring (bicyclic) bond motifs is 6. The maximum Gasteiger partial charge on any atom is 0.0124 e. The van der Waals surface area contributed by atoms with E-state index >= 15 is 0 Å². The monoisotopic (exact) mass is 234 g/mol. The molecule has 0 amide bonds. The first-order chi connectivity index (χ1) is 8.42. The molecule has 2 bridgehead atoms. The summed E-state index contributed by atoms with van der Waals surface area (Å²) in [7, 11) is 0. The van der Waals surface area contributed by atoms with Crippen molar-refractivity contribution < 1.29 is 0 Å². The summed E-state index contributed by atoms with van der Waals surface area (Å²) in [6.07, 6.45) is 10.4. The first-order valence-electron chi connectivity index (χ1n) is 7.89. The lowest BCUT2D eigenvalue weighted by Gasteiger charge is -2.56. The fourth-order valence-corrected chi connectivity index (χ4v) is 5.39. The number of rotatable bonds is 0. The van der Waals surface area contributed by atoms with Gasteiger partial charge in [-0.3, -0.25) is 4.90 Å². The lowest BCUT2D eigenvalue weighted by atomic mass is 9.62. The van der Waals surface area contributed by atoms with Crippen LogP contribution in [0.3, 0.4) is 0 Å². The smallest absolute Gasteiger partial charge is 0.0124 e. The summed E-state index contributed by atoms with van der Waals surface area (Å²) >= 11 is 0. The van der Waals surface area contributed by atoms with Crippen molar-refractivity contribution in [3.05, 3.63) is 0 Å². The predicted octanol–water partition coefficient (Wildman–Crippen LogP) is 2.25. The van der Waals surface area contributed by atoms with Crippen LogP contribution in [0.4, 0.5) is 0 Å². The highest BCUT2D eigenvalue weighted by molar-refractivity contribution is 5.01. The standard InChI is InChI=1S/C15H26N2/c1-2-7-17-10-12-8-11(15(17)5-1)9-14-13(12)4-3-6-16-14/h11-16H,1-10H2/t11-,12-,13-,14+,15+/m1/s1. The van der Waals surface area contributed by atoms with Crippen molar-refractivity contribution in [1.29, 1.82) is 0 Å². The molecule has 0 aromatic heterocycles. The van der Waals surface area contributed by atoms with Gasteiger partial charge in [-0.1, -0.05) is 6.42 Å². The molecule has 17 heavy (non-hydrogen) atoms. The minimum absolute atomic E-state index is 0.886. The van der Waals surface area contributed by atoms with Gasteiger partial charge >= 0.3 is 0 Å². The van der Waals surface area contributed by atoms with Gasteiger partial charge in [-0.25, -0.2) is 0 Å². The Kier molecular flexibility index (Phi) is 2.69. The van der Waals surface area contributed by atoms with Crippen LogP contribution in [0.1, 0.15) is 44.9 Å². The van der Waals surface area contributed by atoms with Crippen LogP contribution in [0.2, 0.25) is 0 Å². The van der Waals surface area contributed by atoms with Crippen molar-refractivity contribution in [2.45, 2.75) is 57.0 Å². The van der Waals surface area contributed by atoms with E-state index in [0.29, 0.717) is 0 Å². The van der Waals surface area contributed by atoms with E-state index in [1.165, 1.54) is 58.2 Å². The van der Waals surface area contributed by atoms with Crippen LogP contribution >= 0.6 is 0 Å². The van der Waals surface area contributed by atoms with Gasteiger partial charge in [-0.2, -0.15) is 0 Å². The molecule has 96 valence electrons. The highest BCUT2D eigenvalue weighted by Crippen LogP contribution is 2.46. The summed E-state index contributed by atoms with van der Waals surface area (Å²) in [6, 6.07) is 1.85. The zero-order valence-corrected chi connectivity index (χ0v) is 10.9. The van der Waals surface area contributed by atoms with Crippen LogP contribution in [-0.4, -0.2) is 36.6 Å². The molecular formula is C15H26N2.